The summed E-state index contributed by atoms with van der Waals surface area (Å²) in [7, 11) is 0. The Hall–Kier alpha value is -1.28. The summed E-state index contributed by atoms with van der Waals surface area (Å²) in [5, 5.41) is 9.22. The molecule has 0 aliphatic heterocycles. The Morgan fingerprint density at radius 3 is 2.35 bits per heavy atom. The SMILES string of the molecule is N#CC(C(=O)C1CCC(F)(F)CC1)c1ccc(Br)cc1. The summed E-state index contributed by atoms with van der Waals surface area (Å²) in [6.07, 6.45) is -0.190. The van der Waals surface area contributed by atoms with Gasteiger partial charge >= 0.3 is 0 Å². The highest BCUT2D eigenvalue weighted by molar-refractivity contribution is 9.10. The van der Waals surface area contributed by atoms with Crippen LogP contribution in [0.2, 0.25) is 0 Å². The van der Waals surface area contributed by atoms with Gasteiger partial charge in [-0.3, -0.25) is 4.79 Å². The molecule has 1 atom stereocenters. The topological polar surface area (TPSA) is 40.9 Å². The fraction of sp³-hybridized carbons (Fsp3) is 0.467. The molecule has 1 fully saturated rings. The number of hydrogen-bond acceptors (Lipinski definition) is 2. The van der Waals surface area contributed by atoms with Crippen molar-refractivity contribution in [1.29, 1.82) is 5.26 Å². The minimum Gasteiger partial charge on any atom is -0.298 e. The van der Waals surface area contributed by atoms with Crippen molar-refractivity contribution in [2.45, 2.75) is 37.5 Å². The van der Waals surface area contributed by atoms with Crippen LogP contribution in [0.5, 0.6) is 0 Å². The van der Waals surface area contributed by atoms with Crippen molar-refractivity contribution in [3.8, 4) is 6.07 Å². The molecule has 0 amide bonds. The zero-order valence-electron chi connectivity index (χ0n) is 10.8. The summed E-state index contributed by atoms with van der Waals surface area (Å²) >= 11 is 3.29. The first-order valence-corrected chi connectivity index (χ1v) is 7.29. The predicted octanol–water partition coefficient (Wildman–Crippen LogP) is 4.45. The Morgan fingerprint density at radius 1 is 1.30 bits per heavy atom. The van der Waals surface area contributed by atoms with E-state index in [2.05, 4.69) is 15.9 Å². The van der Waals surface area contributed by atoms with E-state index in [1.165, 1.54) is 0 Å². The van der Waals surface area contributed by atoms with Gasteiger partial charge in [0.1, 0.15) is 5.92 Å². The molecule has 1 saturated carbocycles. The summed E-state index contributed by atoms with van der Waals surface area (Å²) in [5.74, 6) is -4.18. The Labute approximate surface area is 124 Å². The van der Waals surface area contributed by atoms with E-state index in [-0.39, 0.29) is 31.5 Å². The molecule has 0 N–H and O–H groups in total. The first-order valence-electron chi connectivity index (χ1n) is 6.49. The Kier molecular flexibility index (Phi) is 4.54. The number of nitriles is 1. The fourth-order valence-corrected chi connectivity index (χ4v) is 2.78. The zero-order chi connectivity index (χ0) is 14.8. The second-order valence-electron chi connectivity index (χ2n) is 5.15. The third-order valence-corrected chi connectivity index (χ3v) is 4.27. The van der Waals surface area contributed by atoms with Crippen LogP contribution >= 0.6 is 15.9 Å². The Bertz CT molecular complexity index is 526. The molecule has 1 aromatic carbocycles. The number of ketones is 1. The van der Waals surface area contributed by atoms with Crippen molar-refractivity contribution in [2.24, 2.45) is 5.92 Å². The third-order valence-electron chi connectivity index (χ3n) is 3.74. The van der Waals surface area contributed by atoms with Gasteiger partial charge in [-0.15, -0.1) is 0 Å². The van der Waals surface area contributed by atoms with Gasteiger partial charge in [0.2, 0.25) is 5.92 Å². The molecule has 20 heavy (non-hydrogen) atoms. The number of halogens is 3. The molecular weight excluding hydrogens is 328 g/mol. The van der Waals surface area contributed by atoms with Crippen LogP contribution in [0.25, 0.3) is 0 Å². The van der Waals surface area contributed by atoms with Crippen molar-refractivity contribution in [3.05, 3.63) is 34.3 Å². The molecule has 0 heterocycles. The van der Waals surface area contributed by atoms with E-state index in [1.807, 2.05) is 6.07 Å². The van der Waals surface area contributed by atoms with Gasteiger partial charge in [0.15, 0.2) is 5.78 Å². The Balaban J connectivity index is 2.11. The lowest BCUT2D eigenvalue weighted by Crippen LogP contribution is -2.31. The van der Waals surface area contributed by atoms with Crippen molar-refractivity contribution in [1.82, 2.24) is 0 Å². The molecule has 0 bridgehead atoms. The molecule has 2 rings (SSSR count). The van der Waals surface area contributed by atoms with E-state index >= 15 is 0 Å². The highest BCUT2D eigenvalue weighted by Crippen LogP contribution is 2.38. The lowest BCUT2D eigenvalue weighted by Gasteiger charge is -2.28. The first kappa shape index (κ1) is 15.1. The van der Waals surface area contributed by atoms with Crippen LogP contribution in [0.15, 0.2) is 28.7 Å². The maximum absolute atomic E-state index is 13.1. The van der Waals surface area contributed by atoms with Crippen LogP contribution in [0.1, 0.15) is 37.2 Å². The third kappa shape index (κ3) is 3.43. The van der Waals surface area contributed by atoms with Crippen molar-refractivity contribution >= 4 is 21.7 Å². The van der Waals surface area contributed by atoms with Gasteiger partial charge in [-0.25, -0.2) is 8.78 Å². The second kappa shape index (κ2) is 6.01. The van der Waals surface area contributed by atoms with Gasteiger partial charge in [-0.05, 0) is 30.5 Å². The maximum atomic E-state index is 13.1. The number of nitrogens with zero attached hydrogens (tertiary/aromatic N) is 1. The summed E-state index contributed by atoms with van der Waals surface area (Å²) < 4.78 is 27.1. The van der Waals surface area contributed by atoms with Crippen LogP contribution in [0, 0.1) is 17.2 Å². The molecule has 0 saturated heterocycles. The number of rotatable bonds is 3. The molecule has 2 nitrogen and oxygen atoms in total. The van der Waals surface area contributed by atoms with Gasteiger partial charge in [0.05, 0.1) is 6.07 Å². The fourth-order valence-electron chi connectivity index (χ4n) is 2.52. The molecule has 0 aromatic heterocycles. The number of Topliss-reactive ketones (excluding diaryl/α,β-unsaturated/α-hetero) is 1. The first-order chi connectivity index (χ1) is 9.43. The Morgan fingerprint density at radius 2 is 1.85 bits per heavy atom. The summed E-state index contributed by atoms with van der Waals surface area (Å²) in [4.78, 5) is 12.3. The van der Waals surface area contributed by atoms with Crippen LogP contribution in [0.3, 0.4) is 0 Å². The van der Waals surface area contributed by atoms with E-state index in [0.29, 0.717) is 5.56 Å². The minimum atomic E-state index is -2.66. The molecule has 5 heteroatoms. The largest absolute Gasteiger partial charge is 0.298 e. The van der Waals surface area contributed by atoms with Gasteiger partial charge < -0.3 is 0 Å². The quantitative estimate of drug-likeness (QED) is 0.814. The van der Waals surface area contributed by atoms with Crippen molar-refractivity contribution in [3.63, 3.8) is 0 Å². The van der Waals surface area contributed by atoms with Gasteiger partial charge in [0, 0.05) is 23.2 Å². The number of hydrogen-bond donors (Lipinski definition) is 0. The average molecular weight is 342 g/mol. The van der Waals surface area contributed by atoms with E-state index < -0.39 is 17.8 Å². The molecule has 0 radical (unpaired) electrons. The molecule has 1 aliphatic carbocycles. The average Bonchev–Trinajstić information content (AvgIpc) is 2.41. The van der Waals surface area contributed by atoms with Gasteiger partial charge in [-0.2, -0.15) is 5.26 Å². The van der Waals surface area contributed by atoms with Crippen LogP contribution < -0.4 is 0 Å². The maximum Gasteiger partial charge on any atom is 0.248 e. The van der Waals surface area contributed by atoms with Crippen LogP contribution in [0.4, 0.5) is 8.78 Å². The van der Waals surface area contributed by atoms with E-state index in [1.54, 1.807) is 24.3 Å². The summed E-state index contributed by atoms with van der Waals surface area (Å²) in [6, 6.07) is 8.97. The van der Waals surface area contributed by atoms with Crippen LogP contribution in [-0.4, -0.2) is 11.7 Å². The van der Waals surface area contributed by atoms with Crippen molar-refractivity contribution < 1.29 is 13.6 Å². The molecule has 1 unspecified atom stereocenters. The lowest BCUT2D eigenvalue weighted by molar-refractivity contribution is -0.127. The number of alkyl halides is 2. The standard InChI is InChI=1S/C15H14BrF2NO/c16-12-3-1-10(2-4-12)13(9-19)14(20)11-5-7-15(17,18)8-6-11/h1-4,11,13H,5-8H2. The molecule has 106 valence electrons. The number of carbonyl (C=O) groups excluding carboxylic acids is 1. The predicted molar refractivity (Wildman–Crippen MR) is 74.4 cm³/mol. The number of benzene rings is 1. The highest BCUT2D eigenvalue weighted by atomic mass is 79.9. The monoisotopic (exact) mass is 341 g/mol. The second-order valence-corrected chi connectivity index (χ2v) is 6.06. The highest BCUT2D eigenvalue weighted by Gasteiger charge is 2.39. The lowest BCUT2D eigenvalue weighted by atomic mass is 9.79. The zero-order valence-corrected chi connectivity index (χ0v) is 12.4. The number of carbonyl (C=O) groups is 1. The normalized spacial score (nSPS) is 20.1. The van der Waals surface area contributed by atoms with E-state index in [0.717, 1.165) is 4.47 Å². The molecular formula is C15H14BrF2NO. The smallest absolute Gasteiger partial charge is 0.248 e. The summed E-state index contributed by atoms with van der Waals surface area (Å²) in [6.45, 7) is 0. The van der Waals surface area contributed by atoms with Crippen LogP contribution in [-0.2, 0) is 4.79 Å². The van der Waals surface area contributed by atoms with Crippen molar-refractivity contribution in [2.75, 3.05) is 0 Å². The molecule has 0 spiro atoms. The van der Waals surface area contributed by atoms with Gasteiger partial charge in [-0.1, -0.05) is 28.1 Å². The molecule has 1 aliphatic rings. The molecule has 1 aromatic rings. The minimum absolute atomic E-state index is 0.167. The van der Waals surface area contributed by atoms with E-state index in [4.69, 9.17) is 0 Å². The summed E-state index contributed by atoms with van der Waals surface area (Å²) in [5.41, 5.74) is 0.623. The van der Waals surface area contributed by atoms with E-state index in [9.17, 15) is 18.8 Å². The van der Waals surface area contributed by atoms with Gasteiger partial charge in [0.25, 0.3) is 0 Å².